The molecule has 1 aliphatic rings. The van der Waals surface area contributed by atoms with Gasteiger partial charge in [-0.25, -0.2) is 0 Å². The summed E-state index contributed by atoms with van der Waals surface area (Å²) < 4.78 is 0. The number of anilines is 1. The summed E-state index contributed by atoms with van der Waals surface area (Å²) in [6, 6.07) is 17.1. The minimum absolute atomic E-state index is 0.209. The molecule has 3 rings (SSSR count). The molecular formula is C18H21ClN2. The fraction of sp³-hybridized carbons (Fsp3) is 0.333. The number of piperidine rings is 1. The van der Waals surface area contributed by atoms with E-state index in [0.717, 1.165) is 24.5 Å². The predicted octanol–water partition coefficient (Wildman–Crippen LogP) is 3.97. The Morgan fingerprint density at radius 2 is 1.67 bits per heavy atom. The summed E-state index contributed by atoms with van der Waals surface area (Å²) in [6.45, 7) is 4.04. The van der Waals surface area contributed by atoms with Crippen molar-refractivity contribution in [2.24, 2.45) is 5.73 Å². The van der Waals surface area contributed by atoms with Crippen LogP contribution in [0.3, 0.4) is 0 Å². The molecule has 21 heavy (non-hydrogen) atoms. The van der Waals surface area contributed by atoms with Crippen molar-refractivity contribution in [2.75, 3.05) is 18.0 Å². The van der Waals surface area contributed by atoms with Crippen molar-refractivity contribution >= 4 is 17.3 Å². The van der Waals surface area contributed by atoms with E-state index in [9.17, 15) is 0 Å². The molecule has 2 aromatic rings. The Balaban J connectivity index is 1.81. The number of nitrogens with zero attached hydrogens (tertiary/aromatic N) is 1. The second-order valence-electron chi connectivity index (χ2n) is 5.98. The van der Waals surface area contributed by atoms with E-state index in [1.165, 1.54) is 16.8 Å². The zero-order valence-corrected chi connectivity index (χ0v) is 13.1. The normalized spacial score (nSPS) is 22.3. The van der Waals surface area contributed by atoms with E-state index >= 15 is 0 Å². The first-order valence-electron chi connectivity index (χ1n) is 7.44. The maximum absolute atomic E-state index is 6.28. The molecular weight excluding hydrogens is 280 g/mol. The molecule has 0 amide bonds. The number of halogens is 1. The van der Waals surface area contributed by atoms with E-state index < -0.39 is 0 Å². The third kappa shape index (κ3) is 3.39. The average Bonchev–Trinajstić information content (AvgIpc) is 2.48. The van der Waals surface area contributed by atoms with Gasteiger partial charge in [0.05, 0.1) is 0 Å². The Morgan fingerprint density at radius 1 is 1.00 bits per heavy atom. The van der Waals surface area contributed by atoms with Gasteiger partial charge in [0.25, 0.3) is 0 Å². The van der Waals surface area contributed by atoms with Crippen LogP contribution in [0.25, 0.3) is 0 Å². The Bertz CT molecular complexity index is 538. The maximum atomic E-state index is 6.28. The summed E-state index contributed by atoms with van der Waals surface area (Å²) in [6.07, 6.45) is 1.05. The molecule has 2 N–H and O–H groups in total. The van der Waals surface area contributed by atoms with Gasteiger partial charge in [-0.15, -0.1) is 0 Å². The minimum atomic E-state index is 0.209. The van der Waals surface area contributed by atoms with Crippen LogP contribution in [0.15, 0.2) is 48.5 Å². The molecule has 2 aromatic carbocycles. The molecule has 1 saturated heterocycles. The van der Waals surface area contributed by atoms with Crippen LogP contribution in [0.1, 0.15) is 23.5 Å². The third-order valence-corrected chi connectivity index (χ3v) is 4.48. The van der Waals surface area contributed by atoms with Gasteiger partial charge in [0, 0.05) is 35.8 Å². The molecule has 1 fully saturated rings. The van der Waals surface area contributed by atoms with Crippen molar-refractivity contribution in [1.82, 2.24) is 0 Å². The van der Waals surface area contributed by atoms with E-state index in [1.807, 2.05) is 12.1 Å². The van der Waals surface area contributed by atoms with Crippen molar-refractivity contribution in [3.8, 4) is 0 Å². The lowest BCUT2D eigenvalue weighted by molar-refractivity contribution is 0.454. The van der Waals surface area contributed by atoms with Gasteiger partial charge in [-0.2, -0.15) is 0 Å². The second kappa shape index (κ2) is 6.08. The lowest BCUT2D eigenvalue weighted by atomic mass is 9.88. The average molecular weight is 301 g/mol. The number of aryl methyl sites for hydroxylation is 1. The van der Waals surface area contributed by atoms with Crippen LogP contribution in [0.4, 0.5) is 5.69 Å². The highest BCUT2D eigenvalue weighted by Gasteiger charge is 2.26. The lowest BCUT2D eigenvalue weighted by Crippen LogP contribution is -2.46. The van der Waals surface area contributed by atoms with Crippen LogP contribution >= 0.6 is 11.6 Å². The molecule has 3 heteroatoms. The first kappa shape index (κ1) is 14.4. The summed E-state index contributed by atoms with van der Waals surface area (Å²) >= 11 is 5.98. The predicted molar refractivity (Wildman–Crippen MR) is 90.2 cm³/mol. The van der Waals surface area contributed by atoms with Gasteiger partial charge in [0.2, 0.25) is 0 Å². The Hall–Kier alpha value is -1.51. The fourth-order valence-corrected chi connectivity index (χ4v) is 3.21. The molecule has 0 saturated carbocycles. The van der Waals surface area contributed by atoms with E-state index in [4.69, 9.17) is 17.3 Å². The van der Waals surface area contributed by atoms with Crippen molar-refractivity contribution in [3.05, 3.63) is 64.7 Å². The number of hydrogen-bond donors (Lipinski definition) is 1. The van der Waals surface area contributed by atoms with Gasteiger partial charge in [-0.1, -0.05) is 41.4 Å². The van der Waals surface area contributed by atoms with E-state index in [0.29, 0.717) is 5.92 Å². The van der Waals surface area contributed by atoms with Crippen LogP contribution in [-0.4, -0.2) is 19.1 Å². The highest BCUT2D eigenvalue weighted by molar-refractivity contribution is 6.30. The molecule has 0 radical (unpaired) electrons. The summed E-state index contributed by atoms with van der Waals surface area (Å²) in [4.78, 5) is 2.37. The summed E-state index contributed by atoms with van der Waals surface area (Å²) in [5, 5.41) is 0.773. The Labute approximate surface area is 131 Å². The quantitative estimate of drug-likeness (QED) is 0.909. The van der Waals surface area contributed by atoms with E-state index in [2.05, 4.69) is 48.2 Å². The van der Waals surface area contributed by atoms with Crippen molar-refractivity contribution in [2.45, 2.75) is 25.3 Å². The van der Waals surface area contributed by atoms with Gasteiger partial charge < -0.3 is 10.6 Å². The zero-order valence-electron chi connectivity index (χ0n) is 12.3. The molecule has 0 aromatic heterocycles. The molecule has 2 atom stereocenters. The molecule has 1 heterocycles. The van der Waals surface area contributed by atoms with Crippen molar-refractivity contribution < 1.29 is 0 Å². The minimum Gasteiger partial charge on any atom is -0.369 e. The van der Waals surface area contributed by atoms with E-state index in [-0.39, 0.29) is 6.04 Å². The van der Waals surface area contributed by atoms with Gasteiger partial charge in [0.1, 0.15) is 0 Å². The number of hydrogen-bond acceptors (Lipinski definition) is 2. The largest absolute Gasteiger partial charge is 0.369 e. The summed E-state index contributed by atoms with van der Waals surface area (Å²) in [5.74, 6) is 0.491. The Kier molecular flexibility index (Phi) is 4.18. The van der Waals surface area contributed by atoms with Gasteiger partial charge >= 0.3 is 0 Å². The fourth-order valence-electron chi connectivity index (χ4n) is 3.08. The Morgan fingerprint density at radius 3 is 2.33 bits per heavy atom. The van der Waals surface area contributed by atoms with Crippen LogP contribution in [0, 0.1) is 6.92 Å². The lowest BCUT2D eigenvalue weighted by Gasteiger charge is -2.38. The van der Waals surface area contributed by atoms with Gasteiger partial charge in [-0.05, 0) is 43.2 Å². The first-order chi connectivity index (χ1) is 10.1. The second-order valence-corrected chi connectivity index (χ2v) is 6.42. The molecule has 0 spiro atoms. The molecule has 2 unspecified atom stereocenters. The standard InChI is InChI=1S/C18H21ClN2/c1-13-2-4-14(5-3-13)15-10-17(20)12-21(11-15)18-8-6-16(19)7-9-18/h2-9,15,17H,10-12,20H2,1H3. The van der Waals surface area contributed by atoms with E-state index in [1.54, 1.807) is 0 Å². The molecule has 0 bridgehead atoms. The topological polar surface area (TPSA) is 29.3 Å². The van der Waals surface area contributed by atoms with Crippen molar-refractivity contribution in [1.29, 1.82) is 0 Å². The highest BCUT2D eigenvalue weighted by Crippen LogP contribution is 2.30. The van der Waals surface area contributed by atoms with Crippen LogP contribution < -0.4 is 10.6 Å². The number of nitrogens with two attached hydrogens (primary N) is 1. The maximum Gasteiger partial charge on any atom is 0.0407 e. The van der Waals surface area contributed by atoms with Gasteiger partial charge in [0.15, 0.2) is 0 Å². The van der Waals surface area contributed by atoms with Crippen molar-refractivity contribution in [3.63, 3.8) is 0 Å². The number of rotatable bonds is 2. The summed E-state index contributed by atoms with van der Waals surface area (Å²) in [5.41, 5.74) is 10.2. The molecule has 0 aliphatic carbocycles. The SMILES string of the molecule is Cc1ccc(C2CC(N)CN(c3ccc(Cl)cc3)C2)cc1. The highest BCUT2D eigenvalue weighted by atomic mass is 35.5. The van der Waals surface area contributed by atoms with Crippen LogP contribution in [0.2, 0.25) is 5.02 Å². The third-order valence-electron chi connectivity index (χ3n) is 4.22. The number of benzene rings is 2. The molecule has 110 valence electrons. The summed E-state index contributed by atoms with van der Waals surface area (Å²) in [7, 11) is 0. The molecule has 1 aliphatic heterocycles. The molecule has 2 nitrogen and oxygen atoms in total. The van der Waals surface area contributed by atoms with Crippen LogP contribution in [-0.2, 0) is 0 Å². The zero-order chi connectivity index (χ0) is 14.8. The van der Waals surface area contributed by atoms with Crippen LogP contribution in [0.5, 0.6) is 0 Å². The van der Waals surface area contributed by atoms with Gasteiger partial charge in [-0.3, -0.25) is 0 Å². The smallest absolute Gasteiger partial charge is 0.0407 e. The monoisotopic (exact) mass is 300 g/mol. The first-order valence-corrected chi connectivity index (χ1v) is 7.82.